The Bertz CT molecular complexity index is 2830. The van der Waals surface area contributed by atoms with Crippen molar-refractivity contribution < 1.29 is 4.74 Å². The molecule has 1 spiro atoms. The van der Waals surface area contributed by atoms with E-state index in [9.17, 15) is 0 Å². The van der Waals surface area contributed by atoms with Crippen LogP contribution in [-0.4, -0.2) is 0 Å². The molecule has 248 valence electrons. The van der Waals surface area contributed by atoms with E-state index in [1.807, 2.05) is 11.3 Å². The van der Waals surface area contributed by atoms with Gasteiger partial charge >= 0.3 is 0 Å². The van der Waals surface area contributed by atoms with Crippen LogP contribution in [0, 0.1) is 23.7 Å². The second-order valence-corrected chi connectivity index (χ2v) is 17.4. The third kappa shape index (κ3) is 3.50. The molecule has 0 N–H and O–H groups in total. The fourth-order valence-electron chi connectivity index (χ4n) is 12.4. The smallest absolute Gasteiger partial charge is 0.135 e. The third-order valence-corrected chi connectivity index (χ3v) is 15.3. The Kier molecular flexibility index (Phi) is 5.48. The van der Waals surface area contributed by atoms with Crippen molar-refractivity contribution in [1.29, 1.82) is 0 Å². The first-order chi connectivity index (χ1) is 25.7. The van der Waals surface area contributed by atoms with E-state index in [1.54, 1.807) is 11.1 Å². The molecule has 6 aliphatic rings. The molecule has 0 amide bonds. The molecule has 0 unspecified atom stereocenters. The summed E-state index contributed by atoms with van der Waals surface area (Å²) in [4.78, 5) is 0. The van der Waals surface area contributed by atoms with Crippen LogP contribution in [0.15, 0.2) is 133 Å². The Morgan fingerprint density at radius 3 is 2.04 bits per heavy atom. The van der Waals surface area contributed by atoms with Crippen molar-refractivity contribution in [2.45, 2.75) is 37.5 Å². The summed E-state index contributed by atoms with van der Waals surface area (Å²) in [5, 5.41) is 5.16. The molecule has 4 fully saturated rings. The van der Waals surface area contributed by atoms with E-state index in [0.29, 0.717) is 0 Å². The van der Waals surface area contributed by atoms with Crippen molar-refractivity contribution in [1.82, 2.24) is 0 Å². The molecule has 0 saturated heterocycles. The highest BCUT2D eigenvalue weighted by Gasteiger charge is 2.61. The predicted molar refractivity (Wildman–Crippen MR) is 216 cm³/mol. The van der Waals surface area contributed by atoms with Gasteiger partial charge in [0.1, 0.15) is 11.5 Å². The minimum absolute atomic E-state index is 0.164. The standard InChI is InChI=1S/C50H36OS/c1-3-15-42-40(9-1)47-36(13-7-16-43(47)50(42)31-23-28-22-29(25-31)26-32(50)24-28)34-19-21-45-48-37(34)11-6-12-38(48)41-27-30(18-20-44(41)51-45)33-10-5-14-39-35-8-2-4-17-46(35)52-49(33)39/h1-21,27-29,31-32H,22-26H2. The number of rotatable bonds is 2. The lowest BCUT2D eigenvalue weighted by molar-refractivity contribution is -0.0399. The minimum Gasteiger partial charge on any atom is -0.456 e. The van der Waals surface area contributed by atoms with Crippen LogP contribution in [0.3, 0.4) is 0 Å². The molecule has 0 radical (unpaired) electrons. The van der Waals surface area contributed by atoms with Gasteiger partial charge in [-0.2, -0.15) is 0 Å². The second-order valence-electron chi connectivity index (χ2n) is 16.4. The van der Waals surface area contributed by atoms with Crippen LogP contribution in [0.1, 0.15) is 43.2 Å². The van der Waals surface area contributed by atoms with Gasteiger partial charge in [-0.1, -0.05) is 109 Å². The van der Waals surface area contributed by atoms with Gasteiger partial charge in [0.05, 0.1) is 0 Å². The number of fused-ring (bicyclic) bond motifs is 8. The lowest BCUT2D eigenvalue weighted by Gasteiger charge is -2.61. The van der Waals surface area contributed by atoms with Crippen LogP contribution in [0.2, 0.25) is 0 Å². The lowest BCUT2D eigenvalue weighted by Crippen LogP contribution is -2.55. The second kappa shape index (κ2) is 10.0. The molecular formula is C50H36OS. The zero-order valence-electron chi connectivity index (χ0n) is 28.9. The Morgan fingerprint density at radius 1 is 0.481 bits per heavy atom. The van der Waals surface area contributed by atoms with Gasteiger partial charge in [0, 0.05) is 36.5 Å². The van der Waals surface area contributed by atoms with E-state index in [2.05, 4.69) is 133 Å². The molecule has 5 aliphatic carbocycles. The zero-order chi connectivity index (χ0) is 33.7. The maximum Gasteiger partial charge on any atom is 0.135 e. The van der Waals surface area contributed by atoms with E-state index in [-0.39, 0.29) is 5.41 Å². The fourth-order valence-corrected chi connectivity index (χ4v) is 13.7. The van der Waals surface area contributed by atoms with Gasteiger partial charge in [-0.05, 0) is 135 Å². The summed E-state index contributed by atoms with van der Waals surface area (Å²) in [7, 11) is 0. The predicted octanol–water partition coefficient (Wildman–Crippen LogP) is 14.0. The molecule has 2 heterocycles. The molecule has 4 bridgehead atoms. The van der Waals surface area contributed by atoms with Gasteiger partial charge in [0.2, 0.25) is 0 Å². The molecule has 4 saturated carbocycles. The van der Waals surface area contributed by atoms with Gasteiger partial charge in [0.25, 0.3) is 0 Å². The topological polar surface area (TPSA) is 9.23 Å². The van der Waals surface area contributed by atoms with Crippen LogP contribution < -0.4 is 4.74 Å². The Labute approximate surface area is 307 Å². The average Bonchev–Trinajstić information content (AvgIpc) is 3.71. The van der Waals surface area contributed by atoms with Crippen LogP contribution in [-0.2, 0) is 5.41 Å². The van der Waals surface area contributed by atoms with Crippen LogP contribution in [0.5, 0.6) is 11.5 Å². The molecular weight excluding hydrogens is 649 g/mol. The monoisotopic (exact) mass is 684 g/mol. The van der Waals surface area contributed by atoms with Gasteiger partial charge in [-0.15, -0.1) is 11.3 Å². The van der Waals surface area contributed by atoms with Crippen LogP contribution >= 0.6 is 11.3 Å². The molecule has 8 aromatic rings. The van der Waals surface area contributed by atoms with Gasteiger partial charge in [-0.3, -0.25) is 0 Å². The maximum absolute atomic E-state index is 6.77. The normalized spacial score (nSPS) is 24.4. The van der Waals surface area contributed by atoms with E-state index < -0.39 is 0 Å². The minimum atomic E-state index is 0.164. The number of hydrogen-bond acceptors (Lipinski definition) is 2. The average molecular weight is 685 g/mol. The zero-order valence-corrected chi connectivity index (χ0v) is 29.7. The Balaban J connectivity index is 1.00. The molecule has 52 heavy (non-hydrogen) atoms. The molecule has 0 atom stereocenters. The summed E-state index contributed by atoms with van der Waals surface area (Å²) in [6, 6.07) is 50.6. The summed E-state index contributed by atoms with van der Waals surface area (Å²) in [6.45, 7) is 0. The molecule has 1 nitrogen and oxygen atoms in total. The van der Waals surface area contributed by atoms with E-state index in [4.69, 9.17) is 4.74 Å². The van der Waals surface area contributed by atoms with E-state index >= 15 is 0 Å². The van der Waals surface area contributed by atoms with Crippen molar-refractivity contribution in [3.63, 3.8) is 0 Å². The molecule has 14 rings (SSSR count). The highest BCUT2D eigenvalue weighted by Crippen LogP contribution is 2.70. The first kappa shape index (κ1) is 28.4. The maximum atomic E-state index is 6.77. The highest BCUT2D eigenvalue weighted by atomic mass is 32.1. The summed E-state index contributed by atoms with van der Waals surface area (Å²) >= 11 is 1.89. The Hall–Kier alpha value is -5.18. The van der Waals surface area contributed by atoms with Gasteiger partial charge in [0.15, 0.2) is 0 Å². The summed E-state index contributed by atoms with van der Waals surface area (Å²) < 4.78 is 9.45. The van der Waals surface area contributed by atoms with Crippen LogP contribution in [0.4, 0.5) is 0 Å². The van der Waals surface area contributed by atoms with Gasteiger partial charge < -0.3 is 4.74 Å². The van der Waals surface area contributed by atoms with Crippen molar-refractivity contribution in [3.8, 4) is 56.0 Å². The molecule has 2 heteroatoms. The quantitative estimate of drug-likeness (QED) is 0.176. The number of hydrogen-bond donors (Lipinski definition) is 0. The fraction of sp³-hybridized carbons (Fsp3) is 0.200. The van der Waals surface area contributed by atoms with Crippen molar-refractivity contribution in [3.05, 3.63) is 145 Å². The lowest BCUT2D eigenvalue weighted by atomic mass is 9.43. The number of ether oxygens (including phenoxy) is 1. The molecule has 1 aliphatic heterocycles. The summed E-state index contributed by atoms with van der Waals surface area (Å²) in [5.41, 5.74) is 14.0. The van der Waals surface area contributed by atoms with E-state index in [0.717, 1.165) is 35.2 Å². The molecule has 1 aromatic heterocycles. The Morgan fingerprint density at radius 2 is 1.15 bits per heavy atom. The first-order valence-corrected chi connectivity index (χ1v) is 20.1. The van der Waals surface area contributed by atoms with Crippen molar-refractivity contribution in [2.24, 2.45) is 23.7 Å². The largest absolute Gasteiger partial charge is 0.456 e. The van der Waals surface area contributed by atoms with Gasteiger partial charge in [-0.25, -0.2) is 0 Å². The van der Waals surface area contributed by atoms with Crippen LogP contribution in [0.25, 0.3) is 75.5 Å². The third-order valence-electron chi connectivity index (χ3n) is 14.1. The van der Waals surface area contributed by atoms with Crippen molar-refractivity contribution in [2.75, 3.05) is 0 Å². The first-order valence-electron chi connectivity index (χ1n) is 19.3. The number of thiophene rings is 1. The molecule has 7 aromatic carbocycles. The van der Waals surface area contributed by atoms with Crippen molar-refractivity contribution >= 4 is 42.3 Å². The van der Waals surface area contributed by atoms with E-state index in [1.165, 1.54) is 108 Å². The summed E-state index contributed by atoms with van der Waals surface area (Å²) in [5.74, 6) is 5.28. The summed E-state index contributed by atoms with van der Waals surface area (Å²) in [6.07, 6.45) is 7.10. The highest BCUT2D eigenvalue weighted by molar-refractivity contribution is 7.26. The SMILES string of the molecule is c1ccc2c(c1)-c1c(-c3ccc4c5c(cccc35)-c3cc(-c5cccc6c5sc5ccccc56)ccc3O4)cccc1C21C2CC3CC(C2)CC1C3. The number of benzene rings is 7.